The number of unbranched alkanes of at least 4 members (excludes halogenated alkanes) is 4. The number of hydrogen-bond donors (Lipinski definition) is 2. The maximum Gasteiger partial charge on any atom is 0.251 e. The smallest absolute Gasteiger partial charge is 0.251 e. The summed E-state index contributed by atoms with van der Waals surface area (Å²) in [5.74, 6) is -0.101. The minimum Gasteiger partial charge on any atom is -0.352 e. The van der Waals surface area contributed by atoms with E-state index in [2.05, 4.69) is 12.2 Å². The highest BCUT2D eigenvalue weighted by molar-refractivity contribution is 7.89. The molecule has 6 heteroatoms. The van der Waals surface area contributed by atoms with Crippen LogP contribution in [-0.2, 0) is 22.9 Å². The van der Waals surface area contributed by atoms with Crippen molar-refractivity contribution in [3.63, 3.8) is 0 Å². The predicted molar refractivity (Wildman–Crippen MR) is 113 cm³/mol. The van der Waals surface area contributed by atoms with Crippen molar-refractivity contribution < 1.29 is 13.2 Å². The lowest BCUT2D eigenvalue weighted by molar-refractivity contribution is 0.0954. The van der Waals surface area contributed by atoms with Gasteiger partial charge in [0.15, 0.2) is 0 Å². The Kier molecular flexibility index (Phi) is 8.67. The fourth-order valence-electron chi connectivity index (χ4n) is 3.02. The number of hydrogen-bond acceptors (Lipinski definition) is 3. The molecule has 0 bridgehead atoms. The molecule has 0 radical (unpaired) electrons. The van der Waals surface area contributed by atoms with Gasteiger partial charge in [-0.2, -0.15) is 0 Å². The normalized spacial score (nSPS) is 11.4. The van der Waals surface area contributed by atoms with Gasteiger partial charge in [-0.05, 0) is 54.7 Å². The Bertz CT molecular complexity index is 844. The van der Waals surface area contributed by atoms with Crippen LogP contribution in [0.3, 0.4) is 0 Å². The monoisotopic (exact) mass is 402 g/mol. The van der Waals surface area contributed by atoms with Crippen molar-refractivity contribution in [2.24, 2.45) is 5.14 Å². The van der Waals surface area contributed by atoms with E-state index < -0.39 is 10.0 Å². The molecule has 0 aliphatic heterocycles. The van der Waals surface area contributed by atoms with E-state index in [-0.39, 0.29) is 10.8 Å². The summed E-state index contributed by atoms with van der Waals surface area (Å²) in [4.78, 5) is 12.3. The lowest BCUT2D eigenvalue weighted by Crippen LogP contribution is -2.25. The van der Waals surface area contributed by atoms with Gasteiger partial charge >= 0.3 is 0 Å². The molecule has 152 valence electrons. The molecule has 0 saturated carbocycles. The highest BCUT2D eigenvalue weighted by Gasteiger charge is 2.08. The molecular weight excluding hydrogens is 372 g/mol. The number of aryl methyl sites for hydroxylation is 1. The van der Waals surface area contributed by atoms with Crippen LogP contribution >= 0.6 is 0 Å². The summed E-state index contributed by atoms with van der Waals surface area (Å²) in [6.45, 7) is 2.70. The second kappa shape index (κ2) is 11.0. The Morgan fingerprint density at radius 2 is 1.43 bits per heavy atom. The highest BCUT2D eigenvalue weighted by atomic mass is 32.2. The van der Waals surface area contributed by atoms with Gasteiger partial charge in [-0.1, -0.05) is 56.9 Å². The Labute approximate surface area is 168 Å². The molecule has 2 rings (SSSR count). The van der Waals surface area contributed by atoms with Crippen LogP contribution in [0.1, 0.15) is 60.5 Å². The van der Waals surface area contributed by atoms with Crippen LogP contribution < -0.4 is 10.5 Å². The van der Waals surface area contributed by atoms with Crippen molar-refractivity contribution in [3.8, 4) is 0 Å². The number of nitrogens with one attached hydrogen (secondary N) is 1. The molecule has 0 aliphatic carbocycles. The standard InChI is InChI=1S/C22H30N2O3S/c1-2-3-4-5-6-7-18-8-12-20(13-9-18)22(25)24-17-16-19-10-14-21(15-11-19)28(23,26)27/h8-15H,2-7,16-17H2,1H3,(H,24,25)(H2,23,26,27). The quantitative estimate of drug-likeness (QED) is 0.560. The molecule has 0 fully saturated rings. The van der Waals surface area contributed by atoms with Crippen molar-refractivity contribution in [1.29, 1.82) is 0 Å². The first-order valence-electron chi connectivity index (χ1n) is 9.89. The molecule has 0 aliphatic rings. The van der Waals surface area contributed by atoms with Gasteiger partial charge < -0.3 is 5.32 Å². The third-order valence-electron chi connectivity index (χ3n) is 4.74. The number of benzene rings is 2. The topological polar surface area (TPSA) is 89.3 Å². The molecule has 0 aromatic heterocycles. The van der Waals surface area contributed by atoms with Crippen molar-refractivity contribution in [2.45, 2.75) is 56.8 Å². The maximum atomic E-state index is 12.3. The van der Waals surface area contributed by atoms with Gasteiger partial charge in [-0.15, -0.1) is 0 Å². The molecule has 0 saturated heterocycles. The van der Waals surface area contributed by atoms with Gasteiger partial charge in [0.1, 0.15) is 0 Å². The third kappa shape index (κ3) is 7.44. The number of rotatable bonds is 11. The average Bonchev–Trinajstić information content (AvgIpc) is 2.68. The van der Waals surface area contributed by atoms with Gasteiger partial charge in [-0.3, -0.25) is 4.79 Å². The van der Waals surface area contributed by atoms with E-state index in [1.807, 2.05) is 24.3 Å². The Morgan fingerprint density at radius 3 is 2.04 bits per heavy atom. The van der Waals surface area contributed by atoms with E-state index >= 15 is 0 Å². The Balaban J connectivity index is 1.75. The second-order valence-corrected chi connectivity index (χ2v) is 8.62. The fourth-order valence-corrected chi connectivity index (χ4v) is 3.54. The number of primary sulfonamides is 1. The molecular formula is C22H30N2O3S. The van der Waals surface area contributed by atoms with Crippen LogP contribution in [0, 0.1) is 0 Å². The molecule has 0 heterocycles. The molecule has 28 heavy (non-hydrogen) atoms. The van der Waals surface area contributed by atoms with E-state index in [0.717, 1.165) is 12.0 Å². The molecule has 2 aromatic rings. The Hall–Kier alpha value is -2.18. The molecule has 0 atom stereocenters. The van der Waals surface area contributed by atoms with E-state index in [1.165, 1.54) is 49.8 Å². The average molecular weight is 403 g/mol. The largest absolute Gasteiger partial charge is 0.352 e. The summed E-state index contributed by atoms with van der Waals surface area (Å²) in [5, 5.41) is 7.98. The Morgan fingerprint density at radius 1 is 0.857 bits per heavy atom. The summed E-state index contributed by atoms with van der Waals surface area (Å²) >= 11 is 0. The van der Waals surface area contributed by atoms with Crippen LogP contribution in [0.2, 0.25) is 0 Å². The zero-order valence-electron chi connectivity index (χ0n) is 16.5. The first kappa shape index (κ1) is 22.1. The van der Waals surface area contributed by atoms with E-state index in [4.69, 9.17) is 5.14 Å². The summed E-state index contributed by atoms with van der Waals surface area (Å²) in [6, 6.07) is 14.2. The molecule has 2 aromatic carbocycles. The van der Waals surface area contributed by atoms with Gasteiger partial charge in [0, 0.05) is 12.1 Å². The maximum absolute atomic E-state index is 12.3. The summed E-state index contributed by atoms with van der Waals surface area (Å²) in [5.41, 5.74) is 2.86. The number of carbonyl (C=O) groups excluding carboxylic acids is 1. The SMILES string of the molecule is CCCCCCCc1ccc(C(=O)NCCc2ccc(S(N)(=O)=O)cc2)cc1. The first-order valence-corrected chi connectivity index (χ1v) is 11.4. The van der Waals surface area contributed by atoms with Crippen LogP contribution in [0.25, 0.3) is 0 Å². The van der Waals surface area contributed by atoms with Gasteiger partial charge in [0.05, 0.1) is 4.90 Å². The predicted octanol–water partition coefficient (Wildman–Crippen LogP) is 3.82. The van der Waals surface area contributed by atoms with Crippen LogP contribution in [-0.4, -0.2) is 20.9 Å². The summed E-state index contributed by atoms with van der Waals surface area (Å²) < 4.78 is 22.5. The number of nitrogens with two attached hydrogens (primary N) is 1. The van der Waals surface area contributed by atoms with Gasteiger partial charge in [0.25, 0.3) is 5.91 Å². The molecule has 0 unspecified atom stereocenters. The lowest BCUT2D eigenvalue weighted by Gasteiger charge is -2.07. The van der Waals surface area contributed by atoms with E-state index in [9.17, 15) is 13.2 Å². The highest BCUT2D eigenvalue weighted by Crippen LogP contribution is 2.11. The van der Waals surface area contributed by atoms with Crippen LogP contribution in [0.5, 0.6) is 0 Å². The molecule has 5 nitrogen and oxygen atoms in total. The first-order chi connectivity index (χ1) is 13.4. The van der Waals surface area contributed by atoms with Crippen molar-refractivity contribution in [3.05, 3.63) is 65.2 Å². The third-order valence-corrected chi connectivity index (χ3v) is 5.67. The van der Waals surface area contributed by atoms with E-state index in [1.54, 1.807) is 12.1 Å². The molecule has 3 N–H and O–H groups in total. The van der Waals surface area contributed by atoms with Crippen molar-refractivity contribution in [2.75, 3.05) is 6.54 Å². The van der Waals surface area contributed by atoms with Crippen LogP contribution in [0.4, 0.5) is 0 Å². The molecule has 1 amide bonds. The number of carbonyl (C=O) groups is 1. The fraction of sp³-hybridized carbons (Fsp3) is 0.409. The zero-order chi connectivity index (χ0) is 20.4. The van der Waals surface area contributed by atoms with Crippen LogP contribution in [0.15, 0.2) is 53.4 Å². The van der Waals surface area contributed by atoms with Gasteiger partial charge in [0.2, 0.25) is 10.0 Å². The minimum absolute atomic E-state index is 0.0886. The van der Waals surface area contributed by atoms with Gasteiger partial charge in [-0.25, -0.2) is 13.6 Å². The number of sulfonamides is 1. The van der Waals surface area contributed by atoms with Crippen molar-refractivity contribution >= 4 is 15.9 Å². The summed E-state index contributed by atoms with van der Waals surface area (Å²) in [6.07, 6.45) is 7.97. The second-order valence-electron chi connectivity index (χ2n) is 7.06. The van der Waals surface area contributed by atoms with E-state index in [0.29, 0.717) is 18.5 Å². The molecule has 0 spiro atoms. The minimum atomic E-state index is -3.67. The lowest BCUT2D eigenvalue weighted by atomic mass is 10.0. The summed E-state index contributed by atoms with van der Waals surface area (Å²) in [7, 11) is -3.67. The van der Waals surface area contributed by atoms with Crippen molar-refractivity contribution in [1.82, 2.24) is 5.32 Å². The number of amides is 1. The zero-order valence-corrected chi connectivity index (χ0v) is 17.3.